The third kappa shape index (κ3) is 3.67. The molecule has 1 rings (SSSR count). The van der Waals surface area contributed by atoms with Gasteiger partial charge in [-0.2, -0.15) is 0 Å². The van der Waals surface area contributed by atoms with Crippen LogP contribution in [-0.4, -0.2) is 40.9 Å². The SMILES string of the molecule is CC1CC(CO)CCN1C(=O)OC(C)(C)C. The maximum Gasteiger partial charge on any atom is 0.410 e. The Morgan fingerprint density at radius 2 is 2.12 bits per heavy atom. The number of carbonyl (C=O) groups excluding carboxylic acids is 1. The van der Waals surface area contributed by atoms with Gasteiger partial charge in [0, 0.05) is 19.2 Å². The van der Waals surface area contributed by atoms with Crippen molar-refractivity contribution in [3.63, 3.8) is 0 Å². The second kappa shape index (κ2) is 5.04. The van der Waals surface area contributed by atoms with E-state index in [1.165, 1.54) is 0 Å². The Kier molecular flexibility index (Phi) is 4.19. The van der Waals surface area contributed by atoms with Crippen molar-refractivity contribution >= 4 is 6.09 Å². The van der Waals surface area contributed by atoms with Crippen molar-refractivity contribution in [1.82, 2.24) is 4.90 Å². The minimum atomic E-state index is -0.440. The minimum Gasteiger partial charge on any atom is -0.444 e. The summed E-state index contributed by atoms with van der Waals surface area (Å²) in [5, 5.41) is 9.09. The fourth-order valence-electron chi connectivity index (χ4n) is 2.03. The molecule has 16 heavy (non-hydrogen) atoms. The predicted octanol–water partition coefficient (Wildman–Crippen LogP) is 2.01. The molecule has 0 radical (unpaired) electrons. The standard InChI is InChI=1S/C12H23NO3/c1-9-7-10(8-14)5-6-13(9)11(15)16-12(2,3)4/h9-10,14H,5-8H2,1-4H3. The summed E-state index contributed by atoms with van der Waals surface area (Å²) in [7, 11) is 0. The second-order valence-corrected chi connectivity index (χ2v) is 5.60. The summed E-state index contributed by atoms with van der Waals surface area (Å²) in [4.78, 5) is 13.6. The number of aliphatic hydroxyl groups is 1. The topological polar surface area (TPSA) is 49.8 Å². The first-order valence-corrected chi connectivity index (χ1v) is 5.94. The molecule has 0 aliphatic carbocycles. The molecule has 94 valence electrons. The number of ether oxygens (including phenoxy) is 1. The van der Waals surface area contributed by atoms with E-state index in [1.54, 1.807) is 4.90 Å². The minimum absolute atomic E-state index is 0.153. The molecule has 0 saturated carbocycles. The summed E-state index contributed by atoms with van der Waals surface area (Å²) in [6.07, 6.45) is 1.48. The third-order valence-electron chi connectivity index (χ3n) is 2.87. The zero-order chi connectivity index (χ0) is 12.3. The summed E-state index contributed by atoms with van der Waals surface area (Å²) >= 11 is 0. The Morgan fingerprint density at radius 3 is 2.56 bits per heavy atom. The third-order valence-corrected chi connectivity index (χ3v) is 2.87. The molecule has 0 aromatic heterocycles. The number of rotatable bonds is 1. The fourth-order valence-corrected chi connectivity index (χ4v) is 2.03. The number of aliphatic hydroxyl groups excluding tert-OH is 1. The molecule has 4 heteroatoms. The van der Waals surface area contributed by atoms with E-state index >= 15 is 0 Å². The lowest BCUT2D eigenvalue weighted by atomic mass is 9.93. The molecule has 1 aliphatic rings. The van der Waals surface area contributed by atoms with Crippen LogP contribution in [0.25, 0.3) is 0 Å². The molecule has 1 aliphatic heterocycles. The molecule has 0 spiro atoms. The molecule has 1 heterocycles. The largest absolute Gasteiger partial charge is 0.444 e. The second-order valence-electron chi connectivity index (χ2n) is 5.60. The normalized spacial score (nSPS) is 26.7. The van der Waals surface area contributed by atoms with Gasteiger partial charge in [0.05, 0.1) is 0 Å². The first-order valence-electron chi connectivity index (χ1n) is 5.94. The molecular formula is C12H23NO3. The Bertz CT molecular complexity index is 247. The summed E-state index contributed by atoms with van der Waals surface area (Å²) in [5.41, 5.74) is -0.440. The molecule has 2 atom stereocenters. The highest BCUT2D eigenvalue weighted by atomic mass is 16.6. The van der Waals surface area contributed by atoms with Crippen molar-refractivity contribution in [3.8, 4) is 0 Å². The van der Waals surface area contributed by atoms with Gasteiger partial charge in [0.1, 0.15) is 5.60 Å². The van der Waals surface area contributed by atoms with Gasteiger partial charge in [0.2, 0.25) is 0 Å². The number of carbonyl (C=O) groups is 1. The van der Waals surface area contributed by atoms with Gasteiger partial charge in [-0.1, -0.05) is 0 Å². The highest BCUT2D eigenvalue weighted by Crippen LogP contribution is 2.24. The van der Waals surface area contributed by atoms with Gasteiger partial charge in [-0.15, -0.1) is 0 Å². The van der Waals surface area contributed by atoms with E-state index < -0.39 is 5.60 Å². The average Bonchev–Trinajstić information content (AvgIpc) is 2.14. The maximum atomic E-state index is 11.9. The van der Waals surface area contributed by atoms with Gasteiger partial charge in [0.25, 0.3) is 0 Å². The van der Waals surface area contributed by atoms with Crippen LogP contribution >= 0.6 is 0 Å². The van der Waals surface area contributed by atoms with Crippen LogP contribution in [0.3, 0.4) is 0 Å². The van der Waals surface area contributed by atoms with Gasteiger partial charge in [-0.3, -0.25) is 0 Å². The van der Waals surface area contributed by atoms with Gasteiger partial charge in [-0.25, -0.2) is 4.79 Å². The number of hydrogen-bond acceptors (Lipinski definition) is 3. The van der Waals surface area contributed by atoms with Crippen LogP contribution in [0.5, 0.6) is 0 Å². The van der Waals surface area contributed by atoms with Crippen LogP contribution in [0, 0.1) is 5.92 Å². The Morgan fingerprint density at radius 1 is 1.50 bits per heavy atom. The van der Waals surface area contributed by atoms with Gasteiger partial charge in [0.15, 0.2) is 0 Å². The molecule has 2 unspecified atom stereocenters. The lowest BCUT2D eigenvalue weighted by Crippen LogP contribution is -2.47. The zero-order valence-corrected chi connectivity index (χ0v) is 10.7. The van der Waals surface area contributed by atoms with Crippen LogP contribution in [0.4, 0.5) is 4.79 Å². The van der Waals surface area contributed by atoms with Crippen molar-refractivity contribution in [3.05, 3.63) is 0 Å². The maximum absolute atomic E-state index is 11.9. The van der Waals surface area contributed by atoms with Crippen molar-refractivity contribution < 1.29 is 14.6 Å². The first kappa shape index (κ1) is 13.3. The molecule has 0 aromatic rings. The monoisotopic (exact) mass is 229 g/mol. The summed E-state index contributed by atoms with van der Waals surface area (Å²) < 4.78 is 5.34. The summed E-state index contributed by atoms with van der Waals surface area (Å²) in [5.74, 6) is 0.327. The molecule has 1 N–H and O–H groups in total. The first-order chi connectivity index (χ1) is 7.33. The van der Waals surface area contributed by atoms with Crippen molar-refractivity contribution in [2.24, 2.45) is 5.92 Å². The lowest BCUT2D eigenvalue weighted by Gasteiger charge is -2.37. The number of nitrogens with zero attached hydrogens (tertiary/aromatic N) is 1. The Balaban J connectivity index is 2.52. The van der Waals surface area contributed by atoms with Crippen LogP contribution in [-0.2, 0) is 4.74 Å². The average molecular weight is 229 g/mol. The highest BCUT2D eigenvalue weighted by Gasteiger charge is 2.31. The summed E-state index contributed by atoms with van der Waals surface area (Å²) in [6.45, 7) is 8.52. The van der Waals surface area contributed by atoms with Gasteiger partial charge < -0.3 is 14.7 Å². The van der Waals surface area contributed by atoms with E-state index in [9.17, 15) is 4.79 Å². The van der Waals surface area contributed by atoms with E-state index in [1.807, 2.05) is 27.7 Å². The predicted molar refractivity (Wildman–Crippen MR) is 62.2 cm³/mol. The van der Waals surface area contributed by atoms with Crippen molar-refractivity contribution in [2.75, 3.05) is 13.2 Å². The van der Waals surface area contributed by atoms with Crippen molar-refractivity contribution in [2.45, 2.75) is 52.2 Å². The molecule has 1 fully saturated rings. The van der Waals surface area contributed by atoms with Crippen LogP contribution in [0.1, 0.15) is 40.5 Å². The molecule has 4 nitrogen and oxygen atoms in total. The molecule has 1 saturated heterocycles. The van der Waals surface area contributed by atoms with Crippen LogP contribution < -0.4 is 0 Å². The van der Waals surface area contributed by atoms with Gasteiger partial charge >= 0.3 is 6.09 Å². The summed E-state index contributed by atoms with van der Waals surface area (Å²) in [6, 6.07) is 0.153. The number of amides is 1. The van der Waals surface area contributed by atoms with E-state index in [4.69, 9.17) is 9.84 Å². The highest BCUT2D eigenvalue weighted by molar-refractivity contribution is 5.68. The fraction of sp³-hybridized carbons (Fsp3) is 0.917. The molecular weight excluding hydrogens is 206 g/mol. The van der Waals surface area contributed by atoms with E-state index in [0.29, 0.717) is 12.5 Å². The smallest absolute Gasteiger partial charge is 0.410 e. The van der Waals surface area contributed by atoms with E-state index in [0.717, 1.165) is 12.8 Å². The van der Waals surface area contributed by atoms with Crippen LogP contribution in [0.2, 0.25) is 0 Å². The molecule has 0 bridgehead atoms. The number of likely N-dealkylation sites (tertiary alicyclic amines) is 1. The Labute approximate surface area is 97.6 Å². The number of piperidine rings is 1. The quantitative estimate of drug-likeness (QED) is 0.748. The zero-order valence-electron chi connectivity index (χ0n) is 10.7. The number of hydrogen-bond donors (Lipinski definition) is 1. The Hall–Kier alpha value is -0.770. The van der Waals surface area contributed by atoms with E-state index in [2.05, 4.69) is 0 Å². The van der Waals surface area contributed by atoms with Gasteiger partial charge in [-0.05, 0) is 46.5 Å². The van der Waals surface area contributed by atoms with Crippen LogP contribution in [0.15, 0.2) is 0 Å². The molecule has 1 amide bonds. The molecule has 0 aromatic carbocycles. The van der Waals surface area contributed by atoms with Crippen molar-refractivity contribution in [1.29, 1.82) is 0 Å². The lowest BCUT2D eigenvalue weighted by molar-refractivity contribution is 0.00358. The van der Waals surface area contributed by atoms with E-state index in [-0.39, 0.29) is 18.7 Å².